The van der Waals surface area contributed by atoms with Gasteiger partial charge in [0.2, 0.25) is 0 Å². The fourth-order valence-electron chi connectivity index (χ4n) is 2.47. The fourth-order valence-corrected chi connectivity index (χ4v) is 2.97. The lowest BCUT2D eigenvalue weighted by Gasteiger charge is -2.11. The zero-order valence-electron chi connectivity index (χ0n) is 12.4. The summed E-state index contributed by atoms with van der Waals surface area (Å²) in [5.74, 6) is -1.14. The van der Waals surface area contributed by atoms with Crippen LogP contribution in [0.1, 0.15) is 5.56 Å². The molecule has 2 aromatic carbocycles. The Kier molecular flexibility index (Phi) is 4.78. The van der Waals surface area contributed by atoms with Crippen molar-refractivity contribution < 1.29 is 17.5 Å². The molecular formula is C18H13F2NO2S. The Bertz CT molecular complexity index is 898. The summed E-state index contributed by atoms with van der Waals surface area (Å²) in [5.41, 5.74) is 3.04. The summed E-state index contributed by atoms with van der Waals surface area (Å²) >= 11 is -2.10. The lowest BCUT2D eigenvalue weighted by atomic mass is 9.96. The quantitative estimate of drug-likeness (QED) is 0.712. The molecule has 0 radical (unpaired) electrons. The third-order valence-electron chi connectivity index (χ3n) is 3.62. The molecular weight excluding hydrogens is 332 g/mol. The van der Waals surface area contributed by atoms with E-state index in [0.29, 0.717) is 11.1 Å². The predicted octanol–water partition coefficient (Wildman–Crippen LogP) is 4.42. The topological polar surface area (TPSA) is 50.2 Å². The molecule has 6 heteroatoms. The van der Waals surface area contributed by atoms with Gasteiger partial charge in [-0.3, -0.25) is 4.98 Å². The van der Waals surface area contributed by atoms with E-state index in [9.17, 15) is 13.0 Å². The summed E-state index contributed by atoms with van der Waals surface area (Å²) in [4.78, 5) is 4.08. The van der Waals surface area contributed by atoms with Crippen LogP contribution in [-0.2, 0) is 16.8 Å². The first-order valence-electron chi connectivity index (χ1n) is 7.11. The average Bonchev–Trinajstić information content (AvgIpc) is 2.57. The van der Waals surface area contributed by atoms with E-state index in [1.54, 1.807) is 36.7 Å². The standard InChI is InChI=1S/C18H13F2NO2S/c19-15-5-3-12(4-6-15)16-7-8-21-10-17(16)13-1-2-14(11-24(22)23)18(20)9-13/h1-10H,11H2,(H,22,23). The van der Waals surface area contributed by atoms with Crippen molar-refractivity contribution >= 4 is 11.1 Å². The number of hydrogen-bond acceptors (Lipinski definition) is 2. The van der Waals surface area contributed by atoms with Gasteiger partial charge in [0.1, 0.15) is 11.6 Å². The maximum Gasteiger partial charge on any atom is 0.157 e. The maximum atomic E-state index is 14.2. The molecule has 3 nitrogen and oxygen atoms in total. The van der Waals surface area contributed by atoms with Gasteiger partial charge in [0, 0.05) is 23.5 Å². The number of hydrogen-bond donors (Lipinski definition) is 1. The number of aromatic nitrogens is 1. The van der Waals surface area contributed by atoms with Crippen molar-refractivity contribution in [1.82, 2.24) is 4.98 Å². The van der Waals surface area contributed by atoms with Crippen LogP contribution in [0.25, 0.3) is 22.3 Å². The van der Waals surface area contributed by atoms with E-state index in [4.69, 9.17) is 4.55 Å². The van der Waals surface area contributed by atoms with Gasteiger partial charge in [-0.15, -0.1) is 0 Å². The third-order valence-corrected chi connectivity index (χ3v) is 4.18. The highest BCUT2D eigenvalue weighted by molar-refractivity contribution is 7.78. The van der Waals surface area contributed by atoms with Crippen LogP contribution in [0, 0.1) is 11.6 Å². The minimum Gasteiger partial charge on any atom is -0.306 e. The Morgan fingerprint density at radius 2 is 1.67 bits per heavy atom. The van der Waals surface area contributed by atoms with Crippen LogP contribution >= 0.6 is 0 Å². The van der Waals surface area contributed by atoms with Gasteiger partial charge < -0.3 is 4.55 Å². The molecule has 1 heterocycles. The summed E-state index contributed by atoms with van der Waals surface area (Å²) in [5, 5.41) is 0. The predicted molar refractivity (Wildman–Crippen MR) is 89.5 cm³/mol. The van der Waals surface area contributed by atoms with Crippen molar-refractivity contribution in [3.05, 3.63) is 78.1 Å². The molecule has 0 aliphatic heterocycles. The Morgan fingerprint density at radius 1 is 0.958 bits per heavy atom. The van der Waals surface area contributed by atoms with Crippen LogP contribution in [0.4, 0.5) is 8.78 Å². The van der Waals surface area contributed by atoms with Crippen molar-refractivity contribution in [3.63, 3.8) is 0 Å². The number of rotatable bonds is 4. The summed E-state index contributed by atoms with van der Waals surface area (Å²) < 4.78 is 47.0. The average molecular weight is 345 g/mol. The monoisotopic (exact) mass is 345 g/mol. The number of halogens is 2. The van der Waals surface area contributed by atoms with Gasteiger partial charge in [-0.2, -0.15) is 0 Å². The highest BCUT2D eigenvalue weighted by Crippen LogP contribution is 2.32. The lowest BCUT2D eigenvalue weighted by molar-refractivity contribution is 0.559. The third kappa shape index (κ3) is 3.55. The van der Waals surface area contributed by atoms with Gasteiger partial charge in [0.15, 0.2) is 11.1 Å². The fraction of sp³-hybridized carbons (Fsp3) is 0.0556. The highest BCUT2D eigenvalue weighted by Gasteiger charge is 2.11. The van der Waals surface area contributed by atoms with Gasteiger partial charge in [-0.05, 0) is 41.0 Å². The van der Waals surface area contributed by atoms with Crippen molar-refractivity contribution in [2.24, 2.45) is 0 Å². The second-order valence-electron chi connectivity index (χ2n) is 5.20. The number of pyridine rings is 1. The molecule has 3 rings (SSSR count). The molecule has 0 saturated carbocycles. The van der Waals surface area contributed by atoms with E-state index in [1.165, 1.54) is 24.3 Å². The van der Waals surface area contributed by atoms with Crippen LogP contribution in [0.15, 0.2) is 60.9 Å². The summed E-state index contributed by atoms with van der Waals surface area (Å²) in [6.07, 6.45) is 3.22. The second kappa shape index (κ2) is 6.98. The van der Waals surface area contributed by atoms with Crippen molar-refractivity contribution in [2.75, 3.05) is 0 Å². The minimum absolute atomic E-state index is 0.173. The molecule has 0 saturated heterocycles. The first-order valence-corrected chi connectivity index (χ1v) is 8.38. The molecule has 0 fully saturated rings. The van der Waals surface area contributed by atoms with Gasteiger partial charge in [-0.25, -0.2) is 13.0 Å². The molecule has 24 heavy (non-hydrogen) atoms. The zero-order chi connectivity index (χ0) is 17.1. The van der Waals surface area contributed by atoms with Crippen molar-refractivity contribution in [2.45, 2.75) is 5.75 Å². The molecule has 1 N–H and O–H groups in total. The first-order chi connectivity index (χ1) is 11.5. The molecule has 1 aromatic heterocycles. The summed E-state index contributed by atoms with van der Waals surface area (Å²) in [6, 6.07) is 12.3. The first kappa shape index (κ1) is 16.4. The SMILES string of the molecule is O=S(O)Cc1ccc(-c2cnccc2-c2ccc(F)cc2)cc1F. The second-order valence-corrected chi connectivity index (χ2v) is 6.13. The number of benzene rings is 2. The number of nitrogens with zero attached hydrogens (tertiary/aromatic N) is 1. The van der Waals surface area contributed by atoms with E-state index >= 15 is 0 Å². The lowest BCUT2D eigenvalue weighted by Crippen LogP contribution is -1.97. The van der Waals surface area contributed by atoms with Crippen molar-refractivity contribution in [3.8, 4) is 22.3 Å². The summed E-state index contributed by atoms with van der Waals surface area (Å²) in [6.45, 7) is 0. The van der Waals surface area contributed by atoms with Crippen LogP contribution in [0.5, 0.6) is 0 Å². The Balaban J connectivity index is 2.06. The Hall–Kier alpha value is -2.44. The molecule has 122 valence electrons. The largest absolute Gasteiger partial charge is 0.306 e. The molecule has 1 atom stereocenters. The molecule has 3 aromatic rings. The molecule has 0 amide bonds. The van der Waals surface area contributed by atoms with Crippen LogP contribution < -0.4 is 0 Å². The maximum absolute atomic E-state index is 14.2. The Morgan fingerprint density at radius 3 is 2.33 bits per heavy atom. The zero-order valence-corrected chi connectivity index (χ0v) is 13.3. The molecule has 0 aliphatic carbocycles. The van der Waals surface area contributed by atoms with Crippen molar-refractivity contribution in [1.29, 1.82) is 0 Å². The normalized spacial score (nSPS) is 12.1. The van der Waals surface area contributed by atoms with Gasteiger partial charge in [0.25, 0.3) is 0 Å². The van der Waals surface area contributed by atoms with E-state index in [2.05, 4.69) is 4.98 Å². The smallest absolute Gasteiger partial charge is 0.157 e. The minimum atomic E-state index is -2.10. The van der Waals surface area contributed by atoms with E-state index in [0.717, 1.165) is 11.1 Å². The van der Waals surface area contributed by atoms with Crippen LogP contribution in [0.3, 0.4) is 0 Å². The molecule has 0 aliphatic rings. The van der Waals surface area contributed by atoms with E-state index in [1.807, 2.05) is 0 Å². The highest BCUT2D eigenvalue weighted by atomic mass is 32.2. The molecule has 0 bridgehead atoms. The molecule has 0 spiro atoms. The van der Waals surface area contributed by atoms with Gasteiger partial charge >= 0.3 is 0 Å². The Labute approximate surface area is 140 Å². The van der Waals surface area contributed by atoms with Crippen LogP contribution in [0.2, 0.25) is 0 Å². The van der Waals surface area contributed by atoms with E-state index in [-0.39, 0.29) is 17.1 Å². The van der Waals surface area contributed by atoms with E-state index < -0.39 is 16.9 Å². The summed E-state index contributed by atoms with van der Waals surface area (Å²) in [7, 11) is 0. The van der Waals surface area contributed by atoms with Gasteiger partial charge in [0.05, 0.1) is 5.75 Å². The van der Waals surface area contributed by atoms with Crippen LogP contribution in [-0.4, -0.2) is 13.7 Å². The molecule has 1 unspecified atom stereocenters. The van der Waals surface area contributed by atoms with Gasteiger partial charge in [-0.1, -0.05) is 24.3 Å².